The smallest absolute Gasteiger partial charge is 0.366 e. The van der Waals surface area contributed by atoms with Gasteiger partial charge < -0.3 is 14.0 Å². The predicted molar refractivity (Wildman–Crippen MR) is 57.6 cm³/mol. The molecule has 0 rings (SSSR count). The molecule has 0 aliphatic carbocycles. The average molecular weight is 238 g/mol. The SMILES string of the molecule is CCCCCCCCO[Si](O)(O)OOC. The molecule has 92 valence electrons. The molecule has 0 radical (unpaired) electrons. The molecule has 0 aliphatic heterocycles. The lowest BCUT2D eigenvalue weighted by molar-refractivity contribution is -0.244. The van der Waals surface area contributed by atoms with E-state index in [-0.39, 0.29) is 0 Å². The highest BCUT2D eigenvalue weighted by Crippen LogP contribution is 2.06. The third-order valence-electron chi connectivity index (χ3n) is 1.98. The first-order valence-corrected chi connectivity index (χ1v) is 7.14. The van der Waals surface area contributed by atoms with E-state index in [2.05, 4.69) is 16.4 Å². The van der Waals surface area contributed by atoms with Crippen molar-refractivity contribution in [3.8, 4) is 0 Å². The van der Waals surface area contributed by atoms with E-state index in [1.165, 1.54) is 26.4 Å². The summed E-state index contributed by atoms with van der Waals surface area (Å²) in [5, 5.41) is 0. The van der Waals surface area contributed by atoms with Crippen LogP contribution in [0, 0.1) is 0 Å². The van der Waals surface area contributed by atoms with Crippen LogP contribution >= 0.6 is 0 Å². The van der Waals surface area contributed by atoms with Crippen LogP contribution in [0.25, 0.3) is 0 Å². The lowest BCUT2D eigenvalue weighted by atomic mass is 10.1. The molecule has 0 bridgehead atoms. The van der Waals surface area contributed by atoms with E-state index in [4.69, 9.17) is 14.0 Å². The molecule has 0 saturated heterocycles. The highest BCUT2D eigenvalue weighted by atomic mass is 28.4. The topological polar surface area (TPSA) is 68.2 Å². The van der Waals surface area contributed by atoms with Gasteiger partial charge in [0, 0.05) is 6.61 Å². The van der Waals surface area contributed by atoms with Crippen molar-refractivity contribution >= 4 is 9.05 Å². The standard InChI is InChI=1S/C9H22O5Si/c1-3-4-5-6-7-8-9-13-15(10,11)14-12-2/h10-11H,3-9H2,1-2H3. The maximum Gasteiger partial charge on any atom is 0.702 e. The lowest BCUT2D eigenvalue weighted by Gasteiger charge is -2.14. The maximum absolute atomic E-state index is 9.08. The Hall–Kier alpha value is 0.0169. The number of hydrogen-bond acceptors (Lipinski definition) is 5. The fourth-order valence-corrected chi connectivity index (χ4v) is 1.90. The summed E-state index contributed by atoms with van der Waals surface area (Å²) in [6, 6.07) is 0. The van der Waals surface area contributed by atoms with Crippen molar-refractivity contribution in [2.75, 3.05) is 13.7 Å². The van der Waals surface area contributed by atoms with E-state index in [0.29, 0.717) is 6.61 Å². The Labute approximate surface area is 92.4 Å². The van der Waals surface area contributed by atoms with Crippen LogP contribution < -0.4 is 0 Å². The molecule has 15 heavy (non-hydrogen) atoms. The first-order valence-electron chi connectivity index (χ1n) is 5.43. The monoisotopic (exact) mass is 238 g/mol. The average Bonchev–Trinajstić information content (AvgIpc) is 2.16. The van der Waals surface area contributed by atoms with Gasteiger partial charge in [-0.05, 0) is 6.42 Å². The van der Waals surface area contributed by atoms with Gasteiger partial charge in [0.25, 0.3) is 0 Å². The zero-order valence-corrected chi connectivity index (χ0v) is 10.6. The minimum absolute atomic E-state index is 0.300. The first-order chi connectivity index (χ1) is 7.12. The molecule has 2 N–H and O–H groups in total. The summed E-state index contributed by atoms with van der Waals surface area (Å²) in [5.74, 6) is 0. The van der Waals surface area contributed by atoms with Gasteiger partial charge in [-0.2, -0.15) is 4.58 Å². The van der Waals surface area contributed by atoms with Gasteiger partial charge in [0.05, 0.1) is 7.11 Å². The van der Waals surface area contributed by atoms with Crippen LogP contribution in [-0.2, 0) is 13.9 Å². The molecule has 0 spiro atoms. The van der Waals surface area contributed by atoms with Crippen LogP contribution in [0.5, 0.6) is 0 Å². The molecule has 0 heterocycles. The molecule has 0 saturated carbocycles. The Morgan fingerprint density at radius 3 is 2.20 bits per heavy atom. The molecular formula is C9H22O5Si. The van der Waals surface area contributed by atoms with Crippen LogP contribution in [0.2, 0.25) is 0 Å². The third-order valence-corrected chi connectivity index (χ3v) is 2.94. The van der Waals surface area contributed by atoms with Crippen LogP contribution in [0.15, 0.2) is 0 Å². The minimum Gasteiger partial charge on any atom is -0.366 e. The second kappa shape index (κ2) is 9.26. The Kier molecular flexibility index (Phi) is 9.27. The maximum atomic E-state index is 9.08. The van der Waals surface area contributed by atoms with Crippen molar-refractivity contribution in [2.45, 2.75) is 45.4 Å². The predicted octanol–water partition coefficient (Wildman–Crippen LogP) is 1.36. The second-order valence-electron chi connectivity index (χ2n) is 3.41. The van der Waals surface area contributed by atoms with Gasteiger partial charge in [-0.15, -0.1) is 0 Å². The van der Waals surface area contributed by atoms with Crippen molar-refractivity contribution in [2.24, 2.45) is 0 Å². The highest BCUT2D eigenvalue weighted by molar-refractivity contribution is 6.49. The zero-order valence-electron chi connectivity index (χ0n) is 9.57. The van der Waals surface area contributed by atoms with Gasteiger partial charge >= 0.3 is 9.05 Å². The quantitative estimate of drug-likeness (QED) is 0.260. The van der Waals surface area contributed by atoms with Crippen molar-refractivity contribution in [1.29, 1.82) is 0 Å². The van der Waals surface area contributed by atoms with E-state index in [0.717, 1.165) is 19.3 Å². The van der Waals surface area contributed by atoms with Crippen molar-refractivity contribution in [3.05, 3.63) is 0 Å². The molecule has 0 aromatic rings. The zero-order chi connectivity index (χ0) is 11.6. The van der Waals surface area contributed by atoms with Crippen LogP contribution in [0.1, 0.15) is 45.4 Å². The fraction of sp³-hybridized carbons (Fsp3) is 1.00. The molecule has 0 amide bonds. The third kappa shape index (κ3) is 10.3. The molecule has 0 aromatic heterocycles. The van der Waals surface area contributed by atoms with Crippen LogP contribution in [0.4, 0.5) is 0 Å². The summed E-state index contributed by atoms with van der Waals surface area (Å²) >= 11 is 0. The van der Waals surface area contributed by atoms with E-state index < -0.39 is 9.05 Å². The van der Waals surface area contributed by atoms with Crippen LogP contribution in [0.3, 0.4) is 0 Å². The Morgan fingerprint density at radius 1 is 1.00 bits per heavy atom. The van der Waals surface area contributed by atoms with Gasteiger partial charge in [-0.3, -0.25) is 0 Å². The van der Waals surface area contributed by atoms with E-state index in [1.807, 2.05) is 0 Å². The molecule has 6 heteroatoms. The van der Waals surface area contributed by atoms with Gasteiger partial charge in [0.2, 0.25) is 0 Å². The number of rotatable bonds is 10. The van der Waals surface area contributed by atoms with Crippen LogP contribution in [-0.4, -0.2) is 32.4 Å². The molecule has 0 fully saturated rings. The van der Waals surface area contributed by atoms with Crippen molar-refractivity contribution < 1.29 is 23.5 Å². The van der Waals surface area contributed by atoms with Gasteiger partial charge in [-0.25, -0.2) is 4.89 Å². The Balaban J connectivity index is 3.22. The summed E-state index contributed by atoms with van der Waals surface area (Å²) in [4.78, 5) is 22.3. The summed E-state index contributed by atoms with van der Waals surface area (Å²) in [7, 11) is -2.79. The fourth-order valence-electron chi connectivity index (χ4n) is 1.22. The number of hydrogen-bond donors (Lipinski definition) is 2. The largest absolute Gasteiger partial charge is 0.702 e. The summed E-state index contributed by atoms with van der Waals surface area (Å²) in [6.07, 6.45) is 6.72. The summed E-state index contributed by atoms with van der Waals surface area (Å²) < 4.78 is 8.98. The minimum atomic E-state index is -4.00. The lowest BCUT2D eigenvalue weighted by Crippen LogP contribution is -2.42. The number of unbranched alkanes of at least 4 members (excludes halogenated alkanes) is 5. The van der Waals surface area contributed by atoms with Crippen molar-refractivity contribution in [3.63, 3.8) is 0 Å². The molecule has 0 aromatic carbocycles. The normalized spacial score (nSPS) is 12.0. The molecule has 0 aliphatic rings. The van der Waals surface area contributed by atoms with Crippen molar-refractivity contribution in [1.82, 2.24) is 0 Å². The Morgan fingerprint density at radius 2 is 1.60 bits per heavy atom. The summed E-state index contributed by atoms with van der Waals surface area (Å²) in [5.41, 5.74) is 0. The Bertz CT molecular complexity index is 142. The van der Waals surface area contributed by atoms with Gasteiger partial charge in [-0.1, -0.05) is 39.0 Å². The second-order valence-corrected chi connectivity index (χ2v) is 4.97. The first kappa shape index (κ1) is 15.0. The molecule has 5 nitrogen and oxygen atoms in total. The molecule has 0 atom stereocenters. The van der Waals surface area contributed by atoms with E-state index in [9.17, 15) is 0 Å². The van der Waals surface area contributed by atoms with E-state index >= 15 is 0 Å². The highest BCUT2D eigenvalue weighted by Gasteiger charge is 2.37. The molecular weight excluding hydrogens is 216 g/mol. The van der Waals surface area contributed by atoms with E-state index in [1.54, 1.807) is 0 Å². The molecule has 0 unspecified atom stereocenters. The van der Waals surface area contributed by atoms with Gasteiger partial charge in [0.1, 0.15) is 0 Å². The summed E-state index contributed by atoms with van der Waals surface area (Å²) in [6.45, 7) is 2.47. The van der Waals surface area contributed by atoms with Gasteiger partial charge in [0.15, 0.2) is 0 Å².